The van der Waals surface area contributed by atoms with Crippen LogP contribution in [0.4, 0.5) is 0 Å². The molecule has 0 heterocycles. The lowest BCUT2D eigenvalue weighted by Gasteiger charge is -2.21. The fraction of sp³-hybridized carbons (Fsp3) is 0.707. The van der Waals surface area contributed by atoms with E-state index in [1.54, 1.807) is 27.7 Å². The standard InChI is InChI=1S/C14H26O2.C13H24O2.2C12H22O2.2C11H20O2.C5H8O2.C4H6O2/c1-10(2)7-8-13(11(3)4)9-16-14(15)12(5)6;1-6-13(14)15-9-12(11(4)5)8-7-10(2)3;1-5-6-7-8-11(4)9-14-12(13)10(2)3;1-5-7-8-11(6-2)9-14-12(13)10(3)4;1-4-6-7-8-10(3)9-13-11(12)5-2;1-4-7-8-10(5-2)9-13-11(12)6-3;1-4(2)5(6)7-3;1-3-4(5)6-2/h10-11,13H,5,7-9H2,1-4,6H3;6,10-12H,1,7-9H2,2-5H3;11H,2,5-9H2,1,3-4H3;11H,3,5-9H2,1-2,4H3;5,10H,2,4,6-9H2,1,3H3;6,10H,3-5,7-9H2,1-2H3;1H2,2-3H3;3H,1H2,2H3. The molecule has 6 atom stereocenters. The highest BCUT2D eigenvalue weighted by Gasteiger charge is 2.18. The number of carbonyl (C=O) groups is 8. The van der Waals surface area contributed by atoms with Crippen molar-refractivity contribution in [2.75, 3.05) is 53.9 Å². The molecule has 0 bridgehead atoms. The first-order valence-corrected chi connectivity index (χ1v) is 36.2. The second-order valence-corrected chi connectivity index (χ2v) is 26.6. The molecule has 0 aromatic heterocycles. The third-order valence-corrected chi connectivity index (χ3v) is 15.0. The third-order valence-electron chi connectivity index (χ3n) is 15.0. The van der Waals surface area contributed by atoms with E-state index in [4.69, 9.17) is 28.4 Å². The number of methoxy groups -OCH3 is 2. The van der Waals surface area contributed by atoms with Crippen molar-refractivity contribution in [1.29, 1.82) is 0 Å². The van der Waals surface area contributed by atoms with Gasteiger partial charge in [-0.3, -0.25) is 0 Å². The summed E-state index contributed by atoms with van der Waals surface area (Å²) < 4.78 is 38.8. The molecule has 0 spiro atoms. The van der Waals surface area contributed by atoms with Crippen molar-refractivity contribution in [3.63, 3.8) is 0 Å². The molecular formula is C82H148O16. The van der Waals surface area contributed by atoms with Crippen molar-refractivity contribution in [2.45, 2.75) is 267 Å². The summed E-state index contributed by atoms with van der Waals surface area (Å²) in [5, 5.41) is 0. The minimum absolute atomic E-state index is 0.264. The van der Waals surface area contributed by atoms with Crippen molar-refractivity contribution < 1.29 is 76.3 Å². The molecule has 0 amide bonds. The van der Waals surface area contributed by atoms with E-state index in [1.165, 1.54) is 109 Å². The van der Waals surface area contributed by atoms with Gasteiger partial charge in [-0.1, -0.05) is 253 Å². The fourth-order valence-corrected chi connectivity index (χ4v) is 7.77. The van der Waals surface area contributed by atoms with E-state index in [1.807, 2.05) is 0 Å². The maximum Gasteiger partial charge on any atom is 0.333 e. The van der Waals surface area contributed by atoms with Gasteiger partial charge in [0.05, 0.1) is 53.9 Å². The van der Waals surface area contributed by atoms with E-state index < -0.39 is 5.97 Å². The van der Waals surface area contributed by atoms with Gasteiger partial charge in [-0.15, -0.1) is 0 Å². The quantitative estimate of drug-likeness (QED) is 0.0240. The Bertz CT molecular complexity index is 2130. The Labute approximate surface area is 600 Å². The Morgan fingerprint density at radius 1 is 0.316 bits per heavy atom. The van der Waals surface area contributed by atoms with Gasteiger partial charge in [0.15, 0.2) is 0 Å². The molecule has 0 saturated carbocycles. The van der Waals surface area contributed by atoms with E-state index in [9.17, 15) is 38.4 Å². The first kappa shape index (κ1) is 108. The van der Waals surface area contributed by atoms with Crippen LogP contribution in [0.3, 0.4) is 0 Å². The van der Waals surface area contributed by atoms with E-state index in [-0.39, 0.29) is 41.8 Å². The van der Waals surface area contributed by atoms with Crippen LogP contribution in [-0.4, -0.2) is 102 Å². The highest BCUT2D eigenvalue weighted by molar-refractivity contribution is 5.88. The number of carbonyl (C=O) groups excluding carboxylic acids is 8. The second-order valence-electron chi connectivity index (χ2n) is 26.6. The molecule has 0 N–H and O–H groups in total. The number of rotatable bonds is 44. The maximum atomic E-state index is 11.3. The van der Waals surface area contributed by atoms with Crippen LogP contribution in [0.5, 0.6) is 0 Å². The number of hydrogen-bond donors (Lipinski definition) is 0. The first-order chi connectivity index (χ1) is 45.9. The van der Waals surface area contributed by atoms with Gasteiger partial charge in [-0.05, 0) is 125 Å². The fourth-order valence-electron chi connectivity index (χ4n) is 7.77. The van der Waals surface area contributed by atoms with E-state index in [0.29, 0.717) is 121 Å². The smallest absolute Gasteiger partial charge is 0.333 e. The zero-order valence-electron chi connectivity index (χ0n) is 66.7. The molecule has 98 heavy (non-hydrogen) atoms. The van der Waals surface area contributed by atoms with Crippen LogP contribution >= 0.6 is 0 Å². The molecule has 0 aromatic carbocycles. The number of unbranched alkanes of at least 4 members (excludes halogenated alkanes) is 6. The largest absolute Gasteiger partial charge is 0.466 e. The summed E-state index contributed by atoms with van der Waals surface area (Å²) in [6.07, 6.45) is 28.4. The predicted octanol–water partition coefficient (Wildman–Crippen LogP) is 20.8. The average molecular weight is 1390 g/mol. The molecule has 0 aliphatic carbocycles. The lowest BCUT2D eigenvalue weighted by Crippen LogP contribution is -2.19. The molecule has 0 saturated heterocycles. The molecule has 16 nitrogen and oxygen atoms in total. The van der Waals surface area contributed by atoms with Crippen LogP contribution < -0.4 is 0 Å². The lowest BCUT2D eigenvalue weighted by atomic mass is 9.89. The molecule has 16 heteroatoms. The third kappa shape index (κ3) is 83.9. The molecule has 572 valence electrons. The average Bonchev–Trinajstić information content (AvgIpc) is 3.74. The lowest BCUT2D eigenvalue weighted by molar-refractivity contribution is -0.141. The molecule has 6 unspecified atom stereocenters. The molecule has 0 aliphatic heterocycles. The van der Waals surface area contributed by atoms with Crippen molar-refractivity contribution >= 4 is 47.8 Å². The van der Waals surface area contributed by atoms with Crippen molar-refractivity contribution in [3.8, 4) is 0 Å². The Balaban J connectivity index is -0.000000160. The number of ether oxygens (including phenoxy) is 8. The second kappa shape index (κ2) is 76.4. The Morgan fingerprint density at radius 2 is 0.592 bits per heavy atom. The predicted molar refractivity (Wildman–Crippen MR) is 408 cm³/mol. The normalized spacial score (nSPS) is 11.8. The Morgan fingerprint density at radius 3 is 0.837 bits per heavy atom. The van der Waals surface area contributed by atoms with Gasteiger partial charge in [0.1, 0.15) is 0 Å². The van der Waals surface area contributed by atoms with Gasteiger partial charge < -0.3 is 37.9 Å². The van der Waals surface area contributed by atoms with Crippen LogP contribution in [0.15, 0.2) is 99.2 Å². The van der Waals surface area contributed by atoms with Crippen molar-refractivity contribution in [3.05, 3.63) is 99.2 Å². The topological polar surface area (TPSA) is 210 Å². The van der Waals surface area contributed by atoms with Crippen LogP contribution in [0, 0.1) is 59.2 Å². The zero-order chi connectivity index (χ0) is 77.6. The van der Waals surface area contributed by atoms with E-state index in [0.717, 1.165) is 57.4 Å². The summed E-state index contributed by atoms with van der Waals surface area (Å²) in [4.78, 5) is 85.9. The summed E-state index contributed by atoms with van der Waals surface area (Å²) >= 11 is 0. The highest BCUT2D eigenvalue weighted by Crippen LogP contribution is 2.22. The monoisotopic (exact) mass is 1390 g/mol. The van der Waals surface area contributed by atoms with Crippen molar-refractivity contribution in [2.24, 2.45) is 59.2 Å². The molecule has 0 fully saturated rings. The zero-order valence-corrected chi connectivity index (χ0v) is 66.7. The van der Waals surface area contributed by atoms with Crippen LogP contribution in [0.2, 0.25) is 0 Å². The molecule has 0 aromatic rings. The van der Waals surface area contributed by atoms with Crippen molar-refractivity contribution in [1.82, 2.24) is 0 Å². The van der Waals surface area contributed by atoms with E-state index in [2.05, 4.69) is 173 Å². The minimum atomic E-state index is -0.394. The summed E-state index contributed by atoms with van der Waals surface area (Å²) in [6.45, 7) is 71.8. The van der Waals surface area contributed by atoms with Gasteiger partial charge in [0.2, 0.25) is 0 Å². The Kier molecular flexibility index (Phi) is 84.0. The summed E-state index contributed by atoms with van der Waals surface area (Å²) in [7, 11) is 2.64. The van der Waals surface area contributed by atoms with Gasteiger partial charge in [0, 0.05) is 46.6 Å². The summed E-state index contributed by atoms with van der Waals surface area (Å²) in [5.41, 5.74) is 1.87. The molecule has 0 radical (unpaired) electrons. The first-order valence-electron chi connectivity index (χ1n) is 36.2. The highest BCUT2D eigenvalue weighted by atomic mass is 16.6. The SMILES string of the molecule is C=C(C)C(=O)OC.C=C(C)C(=O)OCC(C)CCCCC.C=C(C)C(=O)OCC(CC)CCCC.C=C(C)C(=O)OCC(CCC(C)C)C(C)C.C=CC(=O)OC.C=CC(=O)OCC(C)CCCCC.C=CC(=O)OCC(CC)CCCC.C=CC(=O)OCC(CCC(C)C)C(C)C. The summed E-state index contributed by atoms with van der Waals surface area (Å²) in [5.74, 6) is 2.93. The van der Waals surface area contributed by atoms with Gasteiger partial charge in [-0.25, -0.2) is 38.4 Å². The maximum absolute atomic E-state index is 11.3. The number of hydrogen-bond acceptors (Lipinski definition) is 16. The van der Waals surface area contributed by atoms with E-state index >= 15 is 0 Å². The molecular weight excluding hydrogens is 1240 g/mol. The molecule has 0 aliphatic rings. The van der Waals surface area contributed by atoms with Crippen LogP contribution in [0.1, 0.15) is 267 Å². The summed E-state index contributed by atoms with van der Waals surface area (Å²) in [6, 6.07) is 0. The molecule has 0 rings (SSSR count). The van der Waals surface area contributed by atoms with Gasteiger partial charge in [-0.2, -0.15) is 0 Å². The van der Waals surface area contributed by atoms with Crippen LogP contribution in [-0.2, 0) is 76.3 Å². The Hall–Kier alpha value is -6.32. The van der Waals surface area contributed by atoms with Crippen LogP contribution in [0.25, 0.3) is 0 Å². The van der Waals surface area contributed by atoms with Gasteiger partial charge >= 0.3 is 47.8 Å². The van der Waals surface area contributed by atoms with Gasteiger partial charge in [0.25, 0.3) is 0 Å². The number of esters is 8. The minimum Gasteiger partial charge on any atom is -0.466 e.